The van der Waals surface area contributed by atoms with Gasteiger partial charge in [0.25, 0.3) is 0 Å². The van der Waals surface area contributed by atoms with Crippen molar-refractivity contribution >= 4 is 16.9 Å². The van der Waals surface area contributed by atoms with Crippen molar-refractivity contribution in [3.8, 4) is 5.75 Å². The average molecular weight is 348 g/mol. The lowest BCUT2D eigenvalue weighted by Crippen LogP contribution is -2.48. The Kier molecular flexibility index (Phi) is 5.91. The lowest BCUT2D eigenvalue weighted by molar-refractivity contribution is 0.0384. The summed E-state index contributed by atoms with van der Waals surface area (Å²) in [5.74, 6) is 0.437. The van der Waals surface area contributed by atoms with E-state index < -0.39 is 5.97 Å². The molecule has 1 aromatic heterocycles. The summed E-state index contributed by atoms with van der Waals surface area (Å²) in [6, 6.07) is 7.10. The van der Waals surface area contributed by atoms with E-state index in [1.807, 2.05) is 12.1 Å². The third-order valence-corrected chi connectivity index (χ3v) is 4.45. The van der Waals surface area contributed by atoms with Crippen LogP contribution in [0.3, 0.4) is 0 Å². The fourth-order valence-electron chi connectivity index (χ4n) is 2.96. The van der Waals surface area contributed by atoms with Crippen molar-refractivity contribution in [2.75, 3.05) is 59.6 Å². The number of ether oxygens (including phenoxy) is 2. The number of fused-ring (bicyclic) bond motifs is 1. The van der Waals surface area contributed by atoms with Gasteiger partial charge in [-0.15, -0.1) is 0 Å². The van der Waals surface area contributed by atoms with Crippen LogP contribution in [0.2, 0.25) is 0 Å². The van der Waals surface area contributed by atoms with Crippen LogP contribution in [0.5, 0.6) is 5.75 Å². The maximum absolute atomic E-state index is 12.1. The molecule has 0 saturated carbocycles. The van der Waals surface area contributed by atoms with Crippen LogP contribution < -0.4 is 4.74 Å². The summed E-state index contributed by atoms with van der Waals surface area (Å²) in [7, 11) is 1.59. The number of methoxy groups -OCH3 is 1. The maximum atomic E-state index is 12.1. The van der Waals surface area contributed by atoms with Crippen molar-refractivity contribution in [2.24, 2.45) is 0 Å². The Hall–Kier alpha value is -2.09. The van der Waals surface area contributed by atoms with Gasteiger partial charge in [-0.1, -0.05) is 0 Å². The van der Waals surface area contributed by atoms with Gasteiger partial charge in [-0.25, -0.2) is 4.79 Å². The van der Waals surface area contributed by atoms with Crippen LogP contribution in [0.15, 0.2) is 28.7 Å². The van der Waals surface area contributed by atoms with Crippen LogP contribution >= 0.6 is 0 Å². The van der Waals surface area contributed by atoms with Crippen molar-refractivity contribution in [1.29, 1.82) is 0 Å². The Balaban J connectivity index is 1.47. The van der Waals surface area contributed by atoms with Crippen LogP contribution in [-0.2, 0) is 4.74 Å². The minimum Gasteiger partial charge on any atom is -0.497 e. The number of carbonyl (C=O) groups excluding carboxylic acids is 1. The van der Waals surface area contributed by atoms with Gasteiger partial charge in [-0.3, -0.25) is 9.80 Å². The zero-order valence-corrected chi connectivity index (χ0v) is 14.4. The molecule has 0 unspecified atom stereocenters. The molecule has 1 fully saturated rings. The first kappa shape index (κ1) is 17.7. The molecule has 1 aliphatic heterocycles. The van der Waals surface area contributed by atoms with E-state index in [0.29, 0.717) is 24.5 Å². The molecule has 7 nitrogen and oxygen atoms in total. The quantitative estimate of drug-likeness (QED) is 0.754. The molecule has 0 radical (unpaired) electrons. The lowest BCUT2D eigenvalue weighted by atomic mass is 10.2. The van der Waals surface area contributed by atoms with Crippen molar-refractivity contribution in [3.05, 3.63) is 30.0 Å². The lowest BCUT2D eigenvalue weighted by Gasteiger charge is -2.34. The number of nitrogens with zero attached hydrogens (tertiary/aromatic N) is 2. The summed E-state index contributed by atoms with van der Waals surface area (Å²) >= 11 is 0. The number of hydrogen-bond donors (Lipinski definition) is 1. The van der Waals surface area contributed by atoms with E-state index in [2.05, 4.69) is 9.80 Å². The number of hydrogen-bond acceptors (Lipinski definition) is 7. The summed E-state index contributed by atoms with van der Waals surface area (Å²) in [4.78, 5) is 16.6. The largest absolute Gasteiger partial charge is 0.497 e. The summed E-state index contributed by atoms with van der Waals surface area (Å²) in [6.07, 6.45) is 0. The molecule has 0 amide bonds. The highest BCUT2D eigenvalue weighted by molar-refractivity contribution is 5.92. The summed E-state index contributed by atoms with van der Waals surface area (Å²) in [6.45, 7) is 5.65. The molecule has 7 heteroatoms. The Morgan fingerprint density at radius 3 is 2.56 bits per heavy atom. The number of furan rings is 1. The standard InChI is InChI=1S/C18H24N2O5/c1-23-15-3-2-14-12-17(25-16(14)13-15)18(22)24-11-9-20-6-4-19(5-7-20)8-10-21/h2-3,12-13,21H,4-11H2,1H3. The van der Waals surface area contributed by atoms with Gasteiger partial charge in [0.1, 0.15) is 17.9 Å². The van der Waals surface area contributed by atoms with Gasteiger partial charge in [-0.05, 0) is 18.2 Å². The van der Waals surface area contributed by atoms with Gasteiger partial charge in [0.05, 0.1) is 13.7 Å². The smallest absolute Gasteiger partial charge is 0.374 e. The van der Waals surface area contributed by atoms with E-state index in [4.69, 9.17) is 19.0 Å². The van der Waals surface area contributed by atoms with Crippen molar-refractivity contribution in [2.45, 2.75) is 0 Å². The molecular weight excluding hydrogens is 324 g/mol. The first-order valence-electron chi connectivity index (χ1n) is 8.50. The highest BCUT2D eigenvalue weighted by Crippen LogP contribution is 2.24. The van der Waals surface area contributed by atoms with Gasteiger partial charge >= 0.3 is 5.97 Å². The predicted octanol–water partition coefficient (Wildman–Crippen LogP) is 1.21. The number of benzene rings is 1. The van der Waals surface area contributed by atoms with Gasteiger partial charge in [0.2, 0.25) is 5.76 Å². The molecule has 136 valence electrons. The fraction of sp³-hybridized carbons (Fsp3) is 0.500. The zero-order chi connectivity index (χ0) is 17.6. The van der Waals surface area contributed by atoms with E-state index in [0.717, 1.165) is 38.1 Å². The summed E-state index contributed by atoms with van der Waals surface area (Å²) in [5.41, 5.74) is 0.603. The van der Waals surface area contributed by atoms with Crippen molar-refractivity contribution < 1.29 is 23.8 Å². The second-order valence-corrected chi connectivity index (χ2v) is 6.06. The van der Waals surface area contributed by atoms with Crippen LogP contribution in [0, 0.1) is 0 Å². The number of esters is 1. The van der Waals surface area contributed by atoms with Crippen LogP contribution in [-0.4, -0.2) is 80.5 Å². The first-order valence-corrected chi connectivity index (χ1v) is 8.50. The number of piperazine rings is 1. The molecule has 1 saturated heterocycles. The zero-order valence-electron chi connectivity index (χ0n) is 14.4. The maximum Gasteiger partial charge on any atom is 0.374 e. The van der Waals surface area contributed by atoms with E-state index in [1.54, 1.807) is 19.2 Å². The molecule has 0 spiro atoms. The van der Waals surface area contributed by atoms with Crippen molar-refractivity contribution in [1.82, 2.24) is 9.80 Å². The van der Waals surface area contributed by atoms with Crippen LogP contribution in [0.25, 0.3) is 11.0 Å². The molecule has 2 heterocycles. The second kappa shape index (κ2) is 8.33. The molecule has 1 aromatic carbocycles. The third kappa shape index (κ3) is 4.50. The predicted molar refractivity (Wildman–Crippen MR) is 93.0 cm³/mol. The number of β-amino-alcohol motifs (C(OH)–C–C–N with tert-alkyl or cyclic N) is 1. The fourth-order valence-corrected chi connectivity index (χ4v) is 2.96. The van der Waals surface area contributed by atoms with E-state index >= 15 is 0 Å². The minimum absolute atomic E-state index is 0.195. The molecule has 1 N–H and O–H groups in total. The van der Waals surface area contributed by atoms with Gasteiger partial charge in [-0.2, -0.15) is 0 Å². The van der Waals surface area contributed by atoms with E-state index in [1.165, 1.54) is 0 Å². The van der Waals surface area contributed by atoms with Gasteiger partial charge in [0.15, 0.2) is 0 Å². The first-order chi connectivity index (χ1) is 12.2. The molecule has 0 bridgehead atoms. The SMILES string of the molecule is COc1ccc2cc(C(=O)OCCN3CCN(CCO)CC3)oc2c1. The topological polar surface area (TPSA) is 75.4 Å². The minimum atomic E-state index is -0.450. The molecule has 3 rings (SSSR count). The van der Waals surface area contributed by atoms with Crippen LogP contribution in [0.4, 0.5) is 0 Å². The molecule has 25 heavy (non-hydrogen) atoms. The van der Waals surface area contributed by atoms with E-state index in [-0.39, 0.29) is 12.4 Å². The normalized spacial score (nSPS) is 16.2. The average Bonchev–Trinajstić information content (AvgIpc) is 3.06. The van der Waals surface area contributed by atoms with Crippen LogP contribution in [0.1, 0.15) is 10.6 Å². The van der Waals surface area contributed by atoms with Gasteiger partial charge < -0.3 is 19.0 Å². The highest BCUT2D eigenvalue weighted by atomic mass is 16.5. The van der Waals surface area contributed by atoms with Crippen molar-refractivity contribution in [3.63, 3.8) is 0 Å². The number of aliphatic hydroxyl groups is 1. The molecule has 0 aliphatic carbocycles. The Morgan fingerprint density at radius 2 is 1.88 bits per heavy atom. The summed E-state index contributed by atoms with van der Waals surface area (Å²) < 4.78 is 16.0. The molecule has 2 aromatic rings. The summed E-state index contributed by atoms with van der Waals surface area (Å²) in [5, 5.41) is 9.79. The highest BCUT2D eigenvalue weighted by Gasteiger charge is 2.18. The Bertz CT molecular complexity index is 707. The molecule has 1 aliphatic rings. The second-order valence-electron chi connectivity index (χ2n) is 6.06. The monoisotopic (exact) mass is 348 g/mol. The van der Waals surface area contributed by atoms with E-state index in [9.17, 15) is 4.79 Å². The van der Waals surface area contributed by atoms with Gasteiger partial charge in [0, 0.05) is 50.7 Å². The molecular formula is C18H24N2O5. The number of aliphatic hydroxyl groups excluding tert-OH is 1. The Labute approximate surface area is 146 Å². The number of carbonyl (C=O) groups is 1. The third-order valence-electron chi connectivity index (χ3n) is 4.45. The Morgan fingerprint density at radius 1 is 1.16 bits per heavy atom. The molecule has 0 atom stereocenters. The number of rotatable bonds is 7.